The highest BCUT2D eigenvalue weighted by Crippen LogP contribution is 2.21. The molecular formula is C11H16N2O2S2. The van der Waals surface area contributed by atoms with E-state index in [1.807, 2.05) is 19.1 Å². The first-order chi connectivity index (χ1) is 8.10. The fraction of sp³-hybridized carbons (Fsp3) is 0.545. The number of hydrogen-bond acceptors (Lipinski definition) is 4. The molecule has 0 aromatic carbocycles. The SMILES string of the molecule is CCc1ccc(S(=O)(=O)NCCCCC#N)s1. The molecule has 1 N–H and O–H groups in total. The van der Waals surface area contributed by atoms with Gasteiger partial charge in [-0.15, -0.1) is 11.3 Å². The zero-order chi connectivity index (χ0) is 12.7. The highest BCUT2D eigenvalue weighted by Gasteiger charge is 2.15. The summed E-state index contributed by atoms with van der Waals surface area (Å²) in [6.45, 7) is 2.39. The number of nitriles is 1. The second kappa shape index (κ2) is 6.74. The van der Waals surface area contributed by atoms with Crippen LogP contribution in [0.3, 0.4) is 0 Å². The van der Waals surface area contributed by atoms with Crippen LogP contribution in [-0.4, -0.2) is 15.0 Å². The predicted octanol–water partition coefficient (Wildman–Crippen LogP) is 2.28. The van der Waals surface area contributed by atoms with E-state index in [-0.39, 0.29) is 0 Å². The lowest BCUT2D eigenvalue weighted by Gasteiger charge is -2.03. The zero-order valence-electron chi connectivity index (χ0n) is 9.77. The molecule has 0 unspecified atom stereocenters. The number of unbranched alkanes of at least 4 members (excludes halogenated alkanes) is 2. The number of aryl methyl sites for hydroxylation is 1. The van der Waals surface area contributed by atoms with Crippen LogP contribution in [-0.2, 0) is 16.4 Å². The molecule has 0 fully saturated rings. The van der Waals surface area contributed by atoms with Crippen LogP contribution in [0.5, 0.6) is 0 Å². The number of nitrogens with zero attached hydrogens (tertiary/aromatic N) is 1. The minimum atomic E-state index is -3.35. The maximum Gasteiger partial charge on any atom is 0.250 e. The lowest BCUT2D eigenvalue weighted by molar-refractivity contribution is 0.579. The summed E-state index contributed by atoms with van der Waals surface area (Å²) >= 11 is 1.31. The Labute approximate surface area is 106 Å². The van der Waals surface area contributed by atoms with Gasteiger partial charge in [0.2, 0.25) is 10.0 Å². The summed E-state index contributed by atoms with van der Waals surface area (Å²) in [4.78, 5) is 1.06. The van der Waals surface area contributed by atoms with Gasteiger partial charge in [-0.1, -0.05) is 6.92 Å². The smallest absolute Gasteiger partial charge is 0.210 e. The topological polar surface area (TPSA) is 70.0 Å². The predicted molar refractivity (Wildman–Crippen MR) is 68.3 cm³/mol. The molecule has 17 heavy (non-hydrogen) atoms. The van der Waals surface area contributed by atoms with E-state index in [1.165, 1.54) is 11.3 Å². The van der Waals surface area contributed by atoms with Gasteiger partial charge >= 0.3 is 0 Å². The average Bonchev–Trinajstić information content (AvgIpc) is 2.78. The van der Waals surface area contributed by atoms with Gasteiger partial charge in [0.05, 0.1) is 6.07 Å². The van der Waals surface area contributed by atoms with Gasteiger partial charge in [0.25, 0.3) is 0 Å². The number of thiophene rings is 1. The van der Waals surface area contributed by atoms with Gasteiger partial charge in [0, 0.05) is 17.8 Å². The van der Waals surface area contributed by atoms with Crippen molar-refractivity contribution in [1.82, 2.24) is 4.72 Å². The molecule has 6 heteroatoms. The summed E-state index contributed by atoms with van der Waals surface area (Å²) in [6, 6.07) is 5.51. The highest BCUT2D eigenvalue weighted by molar-refractivity contribution is 7.91. The Morgan fingerprint density at radius 3 is 2.76 bits per heavy atom. The summed E-state index contributed by atoms with van der Waals surface area (Å²) in [7, 11) is -3.35. The molecule has 1 aromatic heterocycles. The molecule has 0 saturated heterocycles. The molecule has 0 saturated carbocycles. The van der Waals surface area contributed by atoms with Gasteiger partial charge in [0.1, 0.15) is 4.21 Å². The first-order valence-electron chi connectivity index (χ1n) is 5.55. The Kier molecular flexibility index (Phi) is 5.62. The first-order valence-corrected chi connectivity index (χ1v) is 7.85. The zero-order valence-corrected chi connectivity index (χ0v) is 11.4. The van der Waals surface area contributed by atoms with Crippen molar-refractivity contribution in [2.75, 3.05) is 6.54 Å². The van der Waals surface area contributed by atoms with Crippen LogP contribution >= 0.6 is 11.3 Å². The summed E-state index contributed by atoms with van der Waals surface area (Å²) in [6.07, 6.45) is 2.74. The minimum absolute atomic E-state index is 0.370. The summed E-state index contributed by atoms with van der Waals surface area (Å²) < 4.78 is 26.6. The van der Waals surface area contributed by atoms with Crippen molar-refractivity contribution in [2.24, 2.45) is 0 Å². The Bertz CT molecular complexity index is 486. The Morgan fingerprint density at radius 1 is 1.41 bits per heavy atom. The second-order valence-electron chi connectivity index (χ2n) is 3.59. The number of nitrogens with one attached hydrogen (secondary N) is 1. The van der Waals surface area contributed by atoms with Crippen LogP contribution in [0.15, 0.2) is 16.3 Å². The normalized spacial score (nSPS) is 11.3. The van der Waals surface area contributed by atoms with Gasteiger partial charge < -0.3 is 0 Å². The molecule has 94 valence electrons. The van der Waals surface area contributed by atoms with Crippen LogP contribution < -0.4 is 4.72 Å². The number of rotatable bonds is 7. The molecule has 0 amide bonds. The molecule has 0 spiro atoms. The molecule has 0 radical (unpaired) electrons. The number of sulfonamides is 1. The van der Waals surface area contributed by atoms with Gasteiger partial charge in [-0.05, 0) is 31.4 Å². The quantitative estimate of drug-likeness (QED) is 0.774. The van der Waals surface area contributed by atoms with Crippen molar-refractivity contribution in [2.45, 2.75) is 36.8 Å². The molecule has 1 rings (SSSR count). The van der Waals surface area contributed by atoms with Gasteiger partial charge in [-0.25, -0.2) is 13.1 Å². The lowest BCUT2D eigenvalue weighted by Crippen LogP contribution is -2.23. The molecule has 1 aromatic rings. The van der Waals surface area contributed by atoms with E-state index in [0.29, 0.717) is 23.6 Å². The largest absolute Gasteiger partial charge is 0.250 e. The van der Waals surface area contributed by atoms with Gasteiger partial charge in [0.15, 0.2) is 0 Å². The maximum absolute atomic E-state index is 11.8. The van der Waals surface area contributed by atoms with Crippen molar-refractivity contribution < 1.29 is 8.42 Å². The lowest BCUT2D eigenvalue weighted by atomic mass is 10.2. The molecule has 0 bridgehead atoms. The van der Waals surface area contributed by atoms with Gasteiger partial charge in [-0.3, -0.25) is 0 Å². The summed E-state index contributed by atoms with van der Waals surface area (Å²) in [5.41, 5.74) is 0. The van der Waals surface area contributed by atoms with Crippen molar-refractivity contribution in [3.05, 3.63) is 17.0 Å². The fourth-order valence-electron chi connectivity index (χ4n) is 1.30. The molecule has 1 heterocycles. The third-order valence-electron chi connectivity index (χ3n) is 2.26. The van der Waals surface area contributed by atoms with E-state index in [1.54, 1.807) is 6.07 Å². The van der Waals surface area contributed by atoms with Crippen molar-refractivity contribution in [3.8, 4) is 6.07 Å². The van der Waals surface area contributed by atoms with Crippen LogP contribution in [0.2, 0.25) is 0 Å². The van der Waals surface area contributed by atoms with E-state index in [2.05, 4.69) is 4.72 Å². The first kappa shape index (κ1) is 14.2. The number of hydrogen-bond donors (Lipinski definition) is 1. The minimum Gasteiger partial charge on any atom is -0.210 e. The van der Waals surface area contributed by atoms with E-state index in [4.69, 9.17) is 5.26 Å². The molecular weight excluding hydrogens is 256 g/mol. The van der Waals surface area contributed by atoms with Crippen molar-refractivity contribution >= 4 is 21.4 Å². The Morgan fingerprint density at radius 2 is 2.18 bits per heavy atom. The summed E-state index contributed by atoms with van der Waals surface area (Å²) in [5, 5.41) is 8.35. The maximum atomic E-state index is 11.8. The fourth-order valence-corrected chi connectivity index (χ4v) is 3.71. The Hall–Kier alpha value is -0.900. The molecule has 0 aliphatic rings. The Balaban J connectivity index is 2.49. The molecule has 0 aliphatic heterocycles. The van der Waals surface area contributed by atoms with E-state index >= 15 is 0 Å². The van der Waals surface area contributed by atoms with Crippen LogP contribution in [0.1, 0.15) is 31.1 Å². The second-order valence-corrected chi connectivity index (χ2v) is 6.75. The van der Waals surface area contributed by atoms with Crippen LogP contribution in [0.4, 0.5) is 0 Å². The standard InChI is InChI=1S/C11H16N2O2S2/c1-2-10-6-7-11(16-10)17(14,15)13-9-5-3-4-8-12/h6-7,13H,2-5,9H2,1H3. The van der Waals surface area contributed by atoms with Crippen LogP contribution in [0, 0.1) is 11.3 Å². The van der Waals surface area contributed by atoms with Crippen LogP contribution in [0.25, 0.3) is 0 Å². The van der Waals surface area contributed by atoms with Gasteiger partial charge in [-0.2, -0.15) is 5.26 Å². The molecule has 0 atom stereocenters. The van der Waals surface area contributed by atoms with E-state index in [0.717, 1.165) is 17.7 Å². The summed E-state index contributed by atoms with van der Waals surface area (Å²) in [5.74, 6) is 0. The highest BCUT2D eigenvalue weighted by atomic mass is 32.2. The average molecular weight is 272 g/mol. The molecule has 0 aliphatic carbocycles. The monoisotopic (exact) mass is 272 g/mol. The van der Waals surface area contributed by atoms with E-state index in [9.17, 15) is 8.42 Å². The third-order valence-corrected chi connectivity index (χ3v) is 5.44. The molecule has 4 nitrogen and oxygen atoms in total. The van der Waals surface area contributed by atoms with Crippen molar-refractivity contribution in [3.63, 3.8) is 0 Å². The third kappa shape index (κ3) is 4.46. The van der Waals surface area contributed by atoms with E-state index < -0.39 is 10.0 Å². The van der Waals surface area contributed by atoms with Crippen molar-refractivity contribution in [1.29, 1.82) is 5.26 Å².